The second kappa shape index (κ2) is 8.13. The Kier molecular flexibility index (Phi) is 5.01. The maximum Gasteiger partial charge on any atom is 0.196 e. The molecule has 1 aliphatic rings. The van der Waals surface area contributed by atoms with Crippen molar-refractivity contribution in [3.8, 4) is 0 Å². The Hall–Kier alpha value is -4.22. The fraction of sp³-hybridized carbons (Fsp3) is 0.0370. The summed E-state index contributed by atoms with van der Waals surface area (Å²) in [6.07, 6.45) is 0. The van der Waals surface area contributed by atoms with Crippen molar-refractivity contribution in [1.82, 2.24) is 0 Å². The highest BCUT2D eigenvalue weighted by molar-refractivity contribution is 6.32. The van der Waals surface area contributed by atoms with Crippen LogP contribution < -0.4 is 10.6 Å². The van der Waals surface area contributed by atoms with Gasteiger partial charge in [0.1, 0.15) is 0 Å². The van der Waals surface area contributed by atoms with E-state index in [1.807, 2.05) is 60.7 Å². The molecule has 0 unspecified atom stereocenters. The fourth-order valence-corrected chi connectivity index (χ4v) is 4.01. The number of aliphatic hydroxyl groups is 1. The van der Waals surface area contributed by atoms with Gasteiger partial charge in [-0.05, 0) is 42.0 Å². The zero-order valence-corrected chi connectivity index (χ0v) is 17.1. The molecule has 0 heterocycles. The molecule has 0 saturated heterocycles. The SMILES string of the molecule is O=C1c2ccccc2C(=O)c2c(Nc3cccc(CO)c3)ccc(Nc3ccccc3)c21. The Morgan fingerprint density at radius 1 is 0.594 bits per heavy atom. The van der Waals surface area contributed by atoms with Crippen LogP contribution in [-0.2, 0) is 6.61 Å². The van der Waals surface area contributed by atoms with Crippen molar-refractivity contribution >= 4 is 34.3 Å². The van der Waals surface area contributed by atoms with Crippen molar-refractivity contribution < 1.29 is 14.7 Å². The van der Waals surface area contributed by atoms with Crippen LogP contribution in [0.2, 0.25) is 0 Å². The summed E-state index contributed by atoms with van der Waals surface area (Å²) >= 11 is 0. The quantitative estimate of drug-likeness (QED) is 0.353. The molecule has 156 valence electrons. The maximum atomic E-state index is 13.5. The molecule has 0 aromatic heterocycles. The highest BCUT2D eigenvalue weighted by Gasteiger charge is 2.34. The number of hydrogen-bond donors (Lipinski definition) is 3. The number of anilines is 4. The number of carbonyl (C=O) groups is 2. The molecule has 0 atom stereocenters. The largest absolute Gasteiger partial charge is 0.392 e. The molecule has 0 spiro atoms. The van der Waals surface area contributed by atoms with Crippen molar-refractivity contribution in [2.24, 2.45) is 0 Å². The van der Waals surface area contributed by atoms with Crippen LogP contribution in [0.1, 0.15) is 37.4 Å². The molecule has 0 saturated carbocycles. The van der Waals surface area contributed by atoms with Crippen molar-refractivity contribution in [3.05, 3.63) is 119 Å². The van der Waals surface area contributed by atoms with E-state index in [1.54, 1.807) is 30.3 Å². The summed E-state index contributed by atoms with van der Waals surface area (Å²) in [4.78, 5) is 27.0. The van der Waals surface area contributed by atoms with Crippen LogP contribution in [0, 0.1) is 0 Å². The van der Waals surface area contributed by atoms with E-state index in [4.69, 9.17) is 0 Å². The predicted molar refractivity (Wildman–Crippen MR) is 125 cm³/mol. The van der Waals surface area contributed by atoms with Gasteiger partial charge in [0.15, 0.2) is 11.6 Å². The topological polar surface area (TPSA) is 78.4 Å². The molecule has 5 nitrogen and oxygen atoms in total. The standard InChI is InChI=1S/C27H20N2O3/c30-16-17-7-6-10-19(15-17)29-23-14-13-22(28-18-8-2-1-3-9-18)24-25(23)27(32)21-12-5-4-11-20(21)26(24)31/h1-15,28-30H,16H2. The molecular formula is C27H20N2O3. The summed E-state index contributed by atoms with van der Waals surface area (Å²) < 4.78 is 0. The lowest BCUT2D eigenvalue weighted by Crippen LogP contribution is -2.23. The third-order valence-electron chi connectivity index (χ3n) is 5.52. The van der Waals surface area contributed by atoms with Crippen molar-refractivity contribution in [3.63, 3.8) is 0 Å². The van der Waals surface area contributed by atoms with E-state index >= 15 is 0 Å². The zero-order valence-electron chi connectivity index (χ0n) is 17.1. The Labute approximate surface area is 185 Å². The van der Waals surface area contributed by atoms with Crippen LogP contribution >= 0.6 is 0 Å². The number of para-hydroxylation sites is 1. The Morgan fingerprint density at radius 2 is 1.12 bits per heavy atom. The van der Waals surface area contributed by atoms with E-state index < -0.39 is 0 Å². The van der Waals surface area contributed by atoms with Gasteiger partial charge in [-0.1, -0.05) is 54.6 Å². The molecule has 0 aliphatic heterocycles. The predicted octanol–water partition coefficient (Wildman–Crippen LogP) is 5.44. The highest BCUT2D eigenvalue weighted by atomic mass is 16.3. The molecule has 32 heavy (non-hydrogen) atoms. The lowest BCUT2D eigenvalue weighted by atomic mass is 9.82. The minimum atomic E-state index is -0.201. The average molecular weight is 420 g/mol. The number of hydrogen-bond acceptors (Lipinski definition) is 5. The minimum Gasteiger partial charge on any atom is -0.392 e. The maximum absolute atomic E-state index is 13.5. The summed E-state index contributed by atoms with van der Waals surface area (Å²) in [6.45, 7) is -0.0850. The Balaban J connectivity index is 1.66. The molecule has 4 aromatic rings. The van der Waals surface area contributed by atoms with Crippen molar-refractivity contribution in [2.45, 2.75) is 6.61 Å². The van der Waals surface area contributed by atoms with Crippen molar-refractivity contribution in [1.29, 1.82) is 0 Å². The molecule has 0 bridgehead atoms. The van der Waals surface area contributed by atoms with Crippen LogP contribution in [0.5, 0.6) is 0 Å². The smallest absolute Gasteiger partial charge is 0.196 e. The first-order valence-corrected chi connectivity index (χ1v) is 10.3. The third kappa shape index (κ3) is 3.45. The van der Waals surface area contributed by atoms with Crippen LogP contribution in [0.3, 0.4) is 0 Å². The molecule has 0 amide bonds. The van der Waals surface area contributed by atoms with Gasteiger partial charge >= 0.3 is 0 Å². The van der Waals surface area contributed by atoms with E-state index in [9.17, 15) is 14.7 Å². The summed E-state index contributed by atoms with van der Waals surface area (Å²) in [6, 6.07) is 27.4. The summed E-state index contributed by atoms with van der Waals surface area (Å²) in [5.41, 5.74) is 4.90. The first kappa shape index (κ1) is 19.7. The number of benzene rings is 4. The van der Waals surface area contributed by atoms with Crippen molar-refractivity contribution in [2.75, 3.05) is 10.6 Å². The number of carbonyl (C=O) groups excluding carboxylic acids is 2. The lowest BCUT2D eigenvalue weighted by Gasteiger charge is -2.24. The summed E-state index contributed by atoms with van der Waals surface area (Å²) in [5.74, 6) is -0.394. The average Bonchev–Trinajstić information content (AvgIpc) is 2.84. The minimum absolute atomic E-state index is 0.0850. The monoisotopic (exact) mass is 420 g/mol. The van der Waals surface area contributed by atoms with E-state index in [2.05, 4.69) is 10.6 Å². The zero-order chi connectivity index (χ0) is 22.1. The highest BCUT2D eigenvalue weighted by Crippen LogP contribution is 2.38. The Morgan fingerprint density at radius 3 is 1.72 bits per heavy atom. The molecule has 0 fully saturated rings. The molecule has 5 rings (SSSR count). The molecule has 0 radical (unpaired) electrons. The number of fused-ring (bicyclic) bond motifs is 2. The van der Waals surface area contributed by atoms with E-state index in [0.717, 1.165) is 16.9 Å². The number of rotatable bonds is 5. The second-order valence-electron chi connectivity index (χ2n) is 7.59. The van der Waals surface area contributed by atoms with Crippen LogP contribution in [0.15, 0.2) is 91.0 Å². The fourth-order valence-electron chi connectivity index (χ4n) is 4.01. The van der Waals surface area contributed by atoms with E-state index in [0.29, 0.717) is 33.6 Å². The molecular weight excluding hydrogens is 400 g/mol. The van der Waals surface area contributed by atoms with Crippen LogP contribution in [0.4, 0.5) is 22.7 Å². The Bertz CT molecular complexity index is 1350. The second-order valence-corrected chi connectivity index (χ2v) is 7.59. The lowest BCUT2D eigenvalue weighted by molar-refractivity contribution is 0.0980. The van der Waals surface area contributed by atoms with Gasteiger partial charge < -0.3 is 15.7 Å². The third-order valence-corrected chi connectivity index (χ3v) is 5.52. The van der Waals surface area contributed by atoms with Gasteiger partial charge in [0, 0.05) is 22.5 Å². The van der Waals surface area contributed by atoms with E-state index in [-0.39, 0.29) is 18.2 Å². The van der Waals surface area contributed by atoms with Crippen LogP contribution in [-0.4, -0.2) is 16.7 Å². The number of ketones is 2. The summed E-state index contributed by atoms with van der Waals surface area (Å²) in [5, 5.41) is 16.0. The van der Waals surface area contributed by atoms with E-state index in [1.165, 1.54) is 0 Å². The molecule has 5 heteroatoms. The van der Waals surface area contributed by atoms with Gasteiger partial charge in [-0.15, -0.1) is 0 Å². The first-order chi connectivity index (χ1) is 15.7. The number of aliphatic hydroxyl groups excluding tert-OH is 1. The van der Waals surface area contributed by atoms with Gasteiger partial charge in [-0.2, -0.15) is 0 Å². The van der Waals surface area contributed by atoms with Gasteiger partial charge in [-0.25, -0.2) is 0 Å². The molecule has 3 N–H and O–H groups in total. The van der Waals surface area contributed by atoms with Gasteiger partial charge in [-0.3, -0.25) is 9.59 Å². The molecule has 4 aromatic carbocycles. The first-order valence-electron chi connectivity index (χ1n) is 10.3. The summed E-state index contributed by atoms with van der Waals surface area (Å²) in [7, 11) is 0. The van der Waals surface area contributed by atoms with Gasteiger partial charge in [0.05, 0.1) is 29.1 Å². The van der Waals surface area contributed by atoms with Gasteiger partial charge in [0.2, 0.25) is 0 Å². The molecule has 1 aliphatic carbocycles. The normalized spacial score (nSPS) is 12.2. The van der Waals surface area contributed by atoms with Gasteiger partial charge in [0.25, 0.3) is 0 Å². The van der Waals surface area contributed by atoms with Crippen LogP contribution in [0.25, 0.3) is 0 Å². The number of nitrogens with one attached hydrogen (secondary N) is 2.